The summed E-state index contributed by atoms with van der Waals surface area (Å²) in [4.78, 5) is 12.4. The number of nitro groups is 1. The zero-order valence-electron chi connectivity index (χ0n) is 13.1. The third-order valence-corrected chi connectivity index (χ3v) is 3.80. The molecule has 0 aromatic heterocycles. The van der Waals surface area contributed by atoms with Crippen LogP contribution in [-0.2, 0) is 0 Å². The number of non-ortho nitro benzene ring substituents is 1. The van der Waals surface area contributed by atoms with Gasteiger partial charge in [0.15, 0.2) is 0 Å². The molecule has 3 rings (SSSR count). The lowest BCUT2D eigenvalue weighted by Gasteiger charge is -2.21. The summed E-state index contributed by atoms with van der Waals surface area (Å²) in [7, 11) is 4.02. The van der Waals surface area contributed by atoms with Crippen LogP contribution in [0.4, 0.5) is 17.1 Å². The van der Waals surface area contributed by atoms with Gasteiger partial charge < -0.3 is 4.90 Å². The lowest BCUT2D eigenvalue weighted by Crippen LogP contribution is -2.31. The quantitative estimate of drug-likeness (QED) is 0.695. The van der Waals surface area contributed by atoms with Crippen molar-refractivity contribution in [3.05, 3.63) is 70.3 Å². The summed E-state index contributed by atoms with van der Waals surface area (Å²) in [5, 5.41) is 12.7. The fraction of sp³-hybridized carbons (Fsp3) is 0.176. The number of rotatable bonds is 4. The summed E-state index contributed by atoms with van der Waals surface area (Å²) in [6.07, 6.45) is 2.07. The highest BCUT2D eigenvalue weighted by Crippen LogP contribution is 2.24. The number of benzene rings is 2. The standard InChI is InChI=1S/C17H18N4O2/c1-19(2)14-7-9-15(10-8-14)20-12-11-17(18-20)13-3-5-16(6-4-13)21(22)23/h3-11,18H,12H2,1-2H3. The molecule has 0 saturated heterocycles. The number of anilines is 2. The SMILES string of the molecule is CN(C)c1ccc(N2CC=C(c3ccc([N+](=O)[O-])cc3)N2)cc1. The molecular weight excluding hydrogens is 292 g/mol. The van der Waals surface area contributed by atoms with Gasteiger partial charge in [0.2, 0.25) is 0 Å². The fourth-order valence-corrected chi connectivity index (χ4v) is 2.47. The monoisotopic (exact) mass is 310 g/mol. The molecule has 0 amide bonds. The van der Waals surface area contributed by atoms with Gasteiger partial charge in [-0.1, -0.05) is 0 Å². The van der Waals surface area contributed by atoms with Gasteiger partial charge in [-0.3, -0.25) is 20.5 Å². The predicted molar refractivity (Wildman–Crippen MR) is 92.3 cm³/mol. The normalized spacial score (nSPS) is 13.5. The molecule has 0 fully saturated rings. The molecule has 0 atom stereocenters. The molecule has 2 aromatic rings. The Morgan fingerprint density at radius 3 is 2.30 bits per heavy atom. The van der Waals surface area contributed by atoms with Crippen molar-refractivity contribution in [2.45, 2.75) is 0 Å². The molecule has 0 radical (unpaired) electrons. The Kier molecular flexibility index (Phi) is 3.89. The maximum Gasteiger partial charge on any atom is 0.269 e. The van der Waals surface area contributed by atoms with Crippen LogP contribution in [-0.4, -0.2) is 25.6 Å². The fourth-order valence-electron chi connectivity index (χ4n) is 2.47. The maximum atomic E-state index is 10.7. The molecule has 1 aliphatic heterocycles. The van der Waals surface area contributed by atoms with Crippen LogP contribution in [0.5, 0.6) is 0 Å². The number of nitrogens with zero attached hydrogens (tertiary/aromatic N) is 3. The van der Waals surface area contributed by atoms with Gasteiger partial charge in [-0.25, -0.2) is 0 Å². The van der Waals surface area contributed by atoms with Crippen molar-refractivity contribution in [1.29, 1.82) is 0 Å². The van der Waals surface area contributed by atoms with Gasteiger partial charge in [-0.05, 0) is 48.0 Å². The Morgan fingerprint density at radius 1 is 1.09 bits per heavy atom. The highest BCUT2D eigenvalue weighted by atomic mass is 16.6. The average molecular weight is 310 g/mol. The first-order chi connectivity index (χ1) is 11.0. The van der Waals surface area contributed by atoms with E-state index in [0.29, 0.717) is 0 Å². The van der Waals surface area contributed by atoms with E-state index in [4.69, 9.17) is 0 Å². The molecule has 1 aliphatic rings. The second kappa shape index (κ2) is 6.00. The van der Waals surface area contributed by atoms with E-state index in [1.165, 1.54) is 12.1 Å². The minimum atomic E-state index is -0.390. The largest absolute Gasteiger partial charge is 0.378 e. The van der Waals surface area contributed by atoms with Crippen LogP contribution in [0.25, 0.3) is 5.70 Å². The van der Waals surface area contributed by atoms with Crippen LogP contribution >= 0.6 is 0 Å². The molecule has 6 heteroatoms. The van der Waals surface area contributed by atoms with Gasteiger partial charge in [0.1, 0.15) is 0 Å². The molecule has 2 aromatic carbocycles. The summed E-state index contributed by atoms with van der Waals surface area (Å²) in [6, 6.07) is 14.8. The van der Waals surface area contributed by atoms with E-state index >= 15 is 0 Å². The van der Waals surface area contributed by atoms with E-state index in [-0.39, 0.29) is 5.69 Å². The van der Waals surface area contributed by atoms with Crippen molar-refractivity contribution in [1.82, 2.24) is 5.43 Å². The number of hydrogen-bond donors (Lipinski definition) is 1. The zero-order chi connectivity index (χ0) is 16.4. The third-order valence-electron chi connectivity index (χ3n) is 3.80. The van der Waals surface area contributed by atoms with Gasteiger partial charge in [-0.15, -0.1) is 0 Å². The Morgan fingerprint density at radius 2 is 1.74 bits per heavy atom. The van der Waals surface area contributed by atoms with E-state index in [2.05, 4.69) is 40.7 Å². The number of hydrazine groups is 1. The molecule has 0 unspecified atom stereocenters. The molecule has 0 bridgehead atoms. The highest BCUT2D eigenvalue weighted by Gasteiger charge is 2.16. The second-order valence-electron chi connectivity index (χ2n) is 5.56. The molecule has 1 heterocycles. The van der Waals surface area contributed by atoms with Gasteiger partial charge >= 0.3 is 0 Å². The van der Waals surface area contributed by atoms with Crippen molar-refractivity contribution < 1.29 is 4.92 Å². The molecule has 0 saturated carbocycles. The Balaban J connectivity index is 1.71. The molecule has 0 spiro atoms. The molecular formula is C17H18N4O2. The third kappa shape index (κ3) is 3.11. The predicted octanol–water partition coefficient (Wildman–Crippen LogP) is 3.03. The van der Waals surface area contributed by atoms with Crippen LogP contribution in [0.15, 0.2) is 54.6 Å². The van der Waals surface area contributed by atoms with Crippen molar-refractivity contribution >= 4 is 22.8 Å². The van der Waals surface area contributed by atoms with Crippen molar-refractivity contribution in [2.24, 2.45) is 0 Å². The van der Waals surface area contributed by atoms with Gasteiger partial charge in [-0.2, -0.15) is 0 Å². The van der Waals surface area contributed by atoms with E-state index in [9.17, 15) is 10.1 Å². The number of nitrogens with one attached hydrogen (secondary N) is 1. The summed E-state index contributed by atoms with van der Waals surface area (Å²) in [5.74, 6) is 0. The van der Waals surface area contributed by atoms with E-state index in [0.717, 1.165) is 29.2 Å². The van der Waals surface area contributed by atoms with Crippen molar-refractivity contribution in [3.63, 3.8) is 0 Å². The van der Waals surface area contributed by atoms with Crippen LogP contribution in [0, 0.1) is 10.1 Å². The lowest BCUT2D eigenvalue weighted by atomic mass is 10.1. The summed E-state index contributed by atoms with van der Waals surface area (Å²) in [6.45, 7) is 0.744. The van der Waals surface area contributed by atoms with Gasteiger partial charge in [0.05, 0.1) is 22.9 Å². The molecule has 118 valence electrons. The van der Waals surface area contributed by atoms with Crippen LogP contribution in [0.3, 0.4) is 0 Å². The molecule has 23 heavy (non-hydrogen) atoms. The molecule has 6 nitrogen and oxygen atoms in total. The Bertz CT molecular complexity index is 736. The number of nitro benzene ring substituents is 1. The molecule has 0 aliphatic carbocycles. The van der Waals surface area contributed by atoms with E-state index in [1.54, 1.807) is 12.1 Å². The number of hydrogen-bond acceptors (Lipinski definition) is 5. The van der Waals surface area contributed by atoms with Crippen LogP contribution < -0.4 is 15.3 Å². The zero-order valence-corrected chi connectivity index (χ0v) is 13.1. The first-order valence-corrected chi connectivity index (χ1v) is 7.31. The van der Waals surface area contributed by atoms with Crippen LogP contribution in [0.1, 0.15) is 5.56 Å². The Labute approximate surface area is 134 Å². The minimum Gasteiger partial charge on any atom is -0.378 e. The highest BCUT2D eigenvalue weighted by molar-refractivity contribution is 5.71. The van der Waals surface area contributed by atoms with E-state index < -0.39 is 4.92 Å². The molecule has 1 N–H and O–H groups in total. The van der Waals surface area contributed by atoms with Crippen LogP contribution in [0.2, 0.25) is 0 Å². The topological polar surface area (TPSA) is 61.7 Å². The smallest absolute Gasteiger partial charge is 0.269 e. The van der Waals surface area contributed by atoms with Gasteiger partial charge in [0.25, 0.3) is 5.69 Å². The Hall–Kier alpha value is -3.02. The van der Waals surface area contributed by atoms with E-state index in [1.807, 2.05) is 19.1 Å². The maximum absolute atomic E-state index is 10.7. The van der Waals surface area contributed by atoms with Crippen molar-refractivity contribution in [3.8, 4) is 0 Å². The second-order valence-corrected chi connectivity index (χ2v) is 5.56. The first-order valence-electron chi connectivity index (χ1n) is 7.31. The lowest BCUT2D eigenvalue weighted by molar-refractivity contribution is -0.384. The minimum absolute atomic E-state index is 0.100. The average Bonchev–Trinajstić information content (AvgIpc) is 3.05. The van der Waals surface area contributed by atoms with Gasteiger partial charge in [0, 0.05) is 31.9 Å². The summed E-state index contributed by atoms with van der Waals surface area (Å²) < 4.78 is 0. The summed E-state index contributed by atoms with van der Waals surface area (Å²) in [5.41, 5.74) is 7.54. The summed E-state index contributed by atoms with van der Waals surface area (Å²) >= 11 is 0. The first kappa shape index (κ1) is 14.9. The van der Waals surface area contributed by atoms with Crippen molar-refractivity contribution in [2.75, 3.05) is 30.5 Å².